The Balaban J connectivity index is 0.000000815. The van der Waals surface area contributed by atoms with Crippen molar-refractivity contribution in [3.8, 4) is 0 Å². The quantitative estimate of drug-likeness (QED) is 0.0461. The Bertz CT molecular complexity index is 2130. The summed E-state index contributed by atoms with van der Waals surface area (Å²) in [5.74, 6) is -11.4. The molecule has 0 spiro atoms. The van der Waals surface area contributed by atoms with Gasteiger partial charge in [0, 0.05) is 12.6 Å². The predicted octanol–water partition coefficient (Wildman–Crippen LogP) is 5.89. The molecule has 0 saturated carbocycles. The average Bonchev–Trinajstić information content (AvgIpc) is 3.42. The number of hydrogen-bond acceptors (Lipinski definition) is 11. The van der Waals surface area contributed by atoms with E-state index in [4.69, 9.17) is 51.1 Å². The van der Waals surface area contributed by atoms with Crippen LogP contribution in [0.2, 0.25) is 0 Å². The SMILES string of the molecule is NC(N)=NCCC[C@@H](NC1CCN(CCCCC2CCN(CC(=O)N3c4ccccc4NC(=O)c4ccccc43)CC2)CC1)C(=O)O.O=C(O)C(F)(F)F.O=C(O)C(F)(F)F.O=C(O)C(F)(F)F.O=C(O)C(F)(F)F. The Kier molecular flexibility index (Phi) is 26.8. The van der Waals surface area contributed by atoms with Crippen molar-refractivity contribution in [1.29, 1.82) is 0 Å². The zero-order valence-corrected chi connectivity index (χ0v) is 39.2. The van der Waals surface area contributed by atoms with Gasteiger partial charge < -0.3 is 52.5 Å². The summed E-state index contributed by atoms with van der Waals surface area (Å²) in [4.78, 5) is 84.4. The van der Waals surface area contributed by atoms with E-state index >= 15 is 0 Å². The van der Waals surface area contributed by atoms with Gasteiger partial charge in [-0.1, -0.05) is 37.1 Å². The van der Waals surface area contributed by atoms with E-state index in [1.807, 2.05) is 42.5 Å². The van der Waals surface area contributed by atoms with Crippen LogP contribution < -0.4 is 27.0 Å². The van der Waals surface area contributed by atoms with Crippen LogP contribution in [0.1, 0.15) is 68.1 Å². The van der Waals surface area contributed by atoms with Crippen LogP contribution in [0.4, 0.5) is 69.7 Å². The lowest BCUT2D eigenvalue weighted by Gasteiger charge is -2.34. The first-order valence-corrected chi connectivity index (χ1v) is 22.1. The Morgan fingerprint density at radius 3 is 1.53 bits per heavy atom. The van der Waals surface area contributed by atoms with Gasteiger partial charge in [0.25, 0.3) is 5.91 Å². The second-order valence-electron chi connectivity index (χ2n) is 16.3. The molecule has 11 N–H and O–H groups in total. The van der Waals surface area contributed by atoms with Crippen molar-refractivity contribution in [2.75, 3.05) is 56.0 Å². The first-order valence-electron chi connectivity index (χ1n) is 22.1. The highest BCUT2D eigenvalue weighted by atomic mass is 19.4. The number of para-hydroxylation sites is 3. The molecule has 2 saturated heterocycles. The monoisotopic (exact) mass is 1100 g/mol. The summed E-state index contributed by atoms with van der Waals surface area (Å²) in [6.07, 6.45) is -11.5. The minimum atomic E-state index is -5.08. The number of carboxylic acid groups (broad SMARTS) is 5. The van der Waals surface area contributed by atoms with Crippen LogP contribution in [0, 0.1) is 5.92 Å². The van der Waals surface area contributed by atoms with E-state index in [0.29, 0.717) is 54.5 Å². The number of halogens is 12. The fourth-order valence-corrected chi connectivity index (χ4v) is 7.08. The molecule has 0 radical (unpaired) electrons. The molecular weight excluding hydrogens is 1050 g/mol. The van der Waals surface area contributed by atoms with Gasteiger partial charge in [-0.2, -0.15) is 52.7 Å². The molecule has 0 unspecified atom stereocenters. The van der Waals surface area contributed by atoms with Crippen LogP contribution in [-0.2, 0) is 28.8 Å². The maximum atomic E-state index is 13.8. The number of nitrogens with zero attached hydrogens (tertiary/aromatic N) is 4. The minimum absolute atomic E-state index is 0.0276. The number of rotatable bonds is 14. The van der Waals surface area contributed by atoms with E-state index in [0.717, 1.165) is 58.4 Å². The summed E-state index contributed by atoms with van der Waals surface area (Å²) < 4.78 is 127. The zero-order valence-electron chi connectivity index (χ0n) is 39.2. The van der Waals surface area contributed by atoms with E-state index in [1.165, 1.54) is 19.3 Å². The van der Waals surface area contributed by atoms with Crippen molar-refractivity contribution in [3.05, 3.63) is 54.1 Å². The first kappa shape index (κ1) is 66.1. The van der Waals surface area contributed by atoms with Crippen LogP contribution in [0.15, 0.2) is 53.5 Å². The number of alkyl halides is 12. The topological polar surface area (TPSA) is 319 Å². The Labute approximate surface area is 418 Å². The minimum Gasteiger partial charge on any atom is -0.480 e. The second kappa shape index (κ2) is 30.4. The largest absolute Gasteiger partial charge is 0.490 e. The summed E-state index contributed by atoms with van der Waals surface area (Å²) in [5.41, 5.74) is 13.2. The fraction of sp³-hybridized carbons (Fsp3) is 0.535. The highest BCUT2D eigenvalue weighted by Crippen LogP contribution is 2.38. The smallest absolute Gasteiger partial charge is 0.480 e. The van der Waals surface area contributed by atoms with Crippen molar-refractivity contribution in [3.63, 3.8) is 0 Å². The molecule has 2 fully saturated rings. The van der Waals surface area contributed by atoms with Gasteiger partial charge in [0.2, 0.25) is 5.91 Å². The third-order valence-corrected chi connectivity index (χ3v) is 10.7. The van der Waals surface area contributed by atoms with Crippen LogP contribution >= 0.6 is 0 Å². The number of fused-ring (bicyclic) bond motifs is 2. The number of benzene rings is 2. The molecule has 32 heteroatoms. The normalized spacial score (nSPS) is 15.8. The predicted molar refractivity (Wildman–Crippen MR) is 240 cm³/mol. The molecule has 422 valence electrons. The van der Waals surface area contributed by atoms with Crippen molar-refractivity contribution in [2.24, 2.45) is 22.4 Å². The van der Waals surface area contributed by atoms with E-state index in [-0.39, 0.29) is 23.8 Å². The molecule has 3 aliphatic heterocycles. The van der Waals surface area contributed by atoms with Crippen LogP contribution in [0.3, 0.4) is 0 Å². The number of likely N-dealkylation sites (tertiary alicyclic amines) is 2. The number of unbranched alkanes of at least 4 members (excludes halogenated alkanes) is 1. The molecule has 2 aromatic carbocycles. The number of aliphatic carboxylic acids is 5. The van der Waals surface area contributed by atoms with Gasteiger partial charge in [-0.3, -0.25) is 29.2 Å². The number of amides is 2. The molecular formula is C43H54F12N8O12. The number of aliphatic imine (C=N–C) groups is 1. The first-order chi connectivity index (χ1) is 34.6. The van der Waals surface area contributed by atoms with Gasteiger partial charge in [0.15, 0.2) is 5.96 Å². The number of carbonyl (C=O) groups excluding carboxylic acids is 2. The number of piperidine rings is 2. The number of carboxylic acids is 5. The van der Waals surface area contributed by atoms with Crippen molar-refractivity contribution < 1.29 is 112 Å². The van der Waals surface area contributed by atoms with Gasteiger partial charge in [-0.05, 0) is 108 Å². The summed E-state index contributed by atoms with van der Waals surface area (Å²) in [6.45, 7) is 5.61. The Morgan fingerprint density at radius 2 is 1.08 bits per heavy atom. The molecule has 20 nitrogen and oxygen atoms in total. The van der Waals surface area contributed by atoms with Gasteiger partial charge in [-0.25, -0.2) is 19.2 Å². The van der Waals surface area contributed by atoms with E-state index in [2.05, 4.69) is 25.4 Å². The number of nitrogens with two attached hydrogens (primary N) is 2. The molecule has 2 aromatic rings. The van der Waals surface area contributed by atoms with E-state index in [9.17, 15) is 72.2 Å². The third-order valence-electron chi connectivity index (χ3n) is 10.7. The number of anilines is 3. The lowest BCUT2D eigenvalue weighted by atomic mass is 9.91. The molecule has 1 atom stereocenters. The van der Waals surface area contributed by atoms with Gasteiger partial charge >= 0.3 is 54.6 Å². The van der Waals surface area contributed by atoms with E-state index < -0.39 is 60.6 Å². The Morgan fingerprint density at radius 1 is 0.640 bits per heavy atom. The molecule has 5 rings (SSSR count). The average molecular weight is 1100 g/mol. The molecule has 0 aliphatic carbocycles. The summed E-state index contributed by atoms with van der Waals surface area (Å²) in [5, 5.41) is 44.4. The third kappa shape index (κ3) is 25.7. The molecule has 3 aliphatic rings. The fourth-order valence-electron chi connectivity index (χ4n) is 7.08. The van der Waals surface area contributed by atoms with Gasteiger partial charge in [0.05, 0.1) is 29.2 Å². The van der Waals surface area contributed by atoms with Crippen molar-refractivity contribution in [2.45, 2.75) is 94.6 Å². The summed E-state index contributed by atoms with van der Waals surface area (Å²) in [6, 6.07) is 14.4. The molecule has 2 amide bonds. The standard InChI is InChI=1S/C35H50N8O4.4C2HF3O2/c36-35(37)38-18-7-11-29(34(46)47)39-26-16-22-41(23-17-26)19-6-5-8-25-14-20-42(21-15-25)24-32(44)43-30-12-3-1-9-27(30)33(45)40-28-10-2-4-13-31(28)43;4*3-2(4,5)1(6)7/h1-4,9-10,12-13,25-26,29,39H,5-8,11,14-24H2,(H,40,45)(H,46,47)(H4,36,37,38);4*(H,6,7)/t29-;;;;/m1..../s1. The Hall–Kier alpha value is -6.96. The molecule has 0 aromatic heterocycles. The number of carbonyl (C=O) groups is 7. The van der Waals surface area contributed by atoms with Crippen LogP contribution in [-0.4, -0.2) is 166 Å². The van der Waals surface area contributed by atoms with Crippen molar-refractivity contribution in [1.82, 2.24) is 15.1 Å². The highest BCUT2D eigenvalue weighted by molar-refractivity contribution is 6.18. The maximum Gasteiger partial charge on any atom is 0.490 e. The summed E-state index contributed by atoms with van der Waals surface area (Å²) >= 11 is 0. The molecule has 75 heavy (non-hydrogen) atoms. The van der Waals surface area contributed by atoms with Crippen LogP contribution in [0.25, 0.3) is 0 Å². The zero-order chi connectivity index (χ0) is 57.5. The lowest BCUT2D eigenvalue weighted by Crippen LogP contribution is -2.49. The second-order valence-corrected chi connectivity index (χ2v) is 16.3. The van der Waals surface area contributed by atoms with Gasteiger partial charge in [0.1, 0.15) is 6.04 Å². The number of nitrogens with one attached hydrogen (secondary N) is 2. The number of hydrogen-bond donors (Lipinski definition) is 9. The maximum absolute atomic E-state index is 13.8. The lowest BCUT2D eigenvalue weighted by molar-refractivity contribution is -0.193. The van der Waals surface area contributed by atoms with Gasteiger partial charge in [-0.15, -0.1) is 0 Å². The summed E-state index contributed by atoms with van der Waals surface area (Å²) in [7, 11) is 0. The number of guanidine groups is 1. The highest BCUT2D eigenvalue weighted by Gasteiger charge is 2.40. The molecule has 0 bridgehead atoms. The van der Waals surface area contributed by atoms with E-state index in [1.54, 1.807) is 11.0 Å². The van der Waals surface area contributed by atoms with Crippen molar-refractivity contribution >= 4 is 64.7 Å². The molecule has 3 heterocycles. The van der Waals surface area contributed by atoms with Crippen LogP contribution in [0.5, 0.6) is 0 Å².